The number of anilines is 1. The van der Waals surface area contributed by atoms with Crippen LogP contribution in [-0.4, -0.2) is 43.5 Å². The van der Waals surface area contributed by atoms with Crippen LogP contribution in [0, 0.1) is 5.82 Å². The van der Waals surface area contributed by atoms with Gasteiger partial charge in [-0.3, -0.25) is 4.99 Å². The number of methoxy groups -OCH3 is 1. The van der Waals surface area contributed by atoms with E-state index in [2.05, 4.69) is 30.0 Å². The second-order valence-corrected chi connectivity index (χ2v) is 7.07. The number of hydrogen-bond donors (Lipinski definition) is 2. The molecule has 0 aliphatic heterocycles. The third-order valence-electron chi connectivity index (χ3n) is 5.18. The summed E-state index contributed by atoms with van der Waals surface area (Å²) in [6, 6.07) is 5.49. The molecule has 0 aliphatic carbocycles. The van der Waals surface area contributed by atoms with E-state index in [9.17, 15) is 4.39 Å². The monoisotopic (exact) mass is 447 g/mol. The number of benzene rings is 1. The van der Waals surface area contributed by atoms with Crippen LogP contribution in [-0.2, 0) is 0 Å². The molecule has 3 aromatic heterocycles. The van der Waals surface area contributed by atoms with Gasteiger partial charge in [-0.2, -0.15) is 5.10 Å². The van der Waals surface area contributed by atoms with Crippen molar-refractivity contribution in [3.05, 3.63) is 55.1 Å². The Hall–Kier alpha value is -4.41. The highest BCUT2D eigenvalue weighted by atomic mass is 19.1. The minimum atomic E-state index is -0.336. The van der Waals surface area contributed by atoms with Crippen LogP contribution in [0.15, 0.2) is 59.4 Å². The fourth-order valence-electron chi connectivity index (χ4n) is 3.64. The van der Waals surface area contributed by atoms with Crippen LogP contribution < -0.4 is 16.3 Å². The maximum atomic E-state index is 13.2. The van der Waals surface area contributed by atoms with Crippen molar-refractivity contribution < 1.29 is 9.13 Å². The molecule has 1 aromatic carbocycles. The molecule has 1 unspecified atom stereocenters. The quantitative estimate of drug-likeness (QED) is 0.251. The molecule has 4 N–H and O–H groups in total. The minimum Gasteiger partial charge on any atom is -0.480 e. The van der Waals surface area contributed by atoms with Gasteiger partial charge in [0.25, 0.3) is 0 Å². The molecular weight excluding hydrogens is 425 g/mol. The summed E-state index contributed by atoms with van der Waals surface area (Å²) in [6.45, 7) is 1.99. The van der Waals surface area contributed by atoms with Gasteiger partial charge in [-0.1, -0.05) is 6.92 Å². The van der Waals surface area contributed by atoms with Crippen molar-refractivity contribution in [2.45, 2.75) is 19.4 Å². The van der Waals surface area contributed by atoms with E-state index in [1.807, 2.05) is 17.7 Å². The number of aliphatic imine (C=N–C) groups is 1. The van der Waals surface area contributed by atoms with E-state index in [1.165, 1.54) is 31.9 Å². The van der Waals surface area contributed by atoms with Crippen LogP contribution in [0.25, 0.3) is 22.2 Å². The lowest BCUT2D eigenvalue weighted by Gasteiger charge is -2.17. The highest BCUT2D eigenvalue weighted by Crippen LogP contribution is 2.38. The van der Waals surface area contributed by atoms with Crippen LogP contribution >= 0.6 is 0 Å². The first-order valence-corrected chi connectivity index (χ1v) is 10.1. The van der Waals surface area contributed by atoms with E-state index in [-0.39, 0.29) is 11.9 Å². The van der Waals surface area contributed by atoms with Crippen molar-refractivity contribution in [3.8, 4) is 17.0 Å². The van der Waals surface area contributed by atoms with Crippen molar-refractivity contribution >= 4 is 34.5 Å². The number of nitrogens with two attached hydrogens (primary N) is 2. The summed E-state index contributed by atoms with van der Waals surface area (Å²) in [5.74, 6) is 6.10. The molecule has 33 heavy (non-hydrogen) atoms. The minimum absolute atomic E-state index is 0.306. The Bertz CT molecular complexity index is 1330. The Labute approximate surface area is 188 Å². The van der Waals surface area contributed by atoms with Crippen molar-refractivity contribution in [2.75, 3.05) is 12.8 Å². The van der Waals surface area contributed by atoms with Gasteiger partial charge < -0.3 is 20.9 Å². The van der Waals surface area contributed by atoms with Crippen molar-refractivity contribution in [1.82, 2.24) is 24.5 Å². The number of hydrogen-bond acceptors (Lipinski definition) is 9. The standard InChI is InChI=1S/C22H22FN9O/c1-3-18(17(31-25)9-27-14-6-4-13(23)5-7-14)32-10-16(15-8-26-11-30-22(15)33-2)19-20(24)28-12-29-21(19)32/h4-12,18H,3,25H2,1-2H3,(H2,24,28,29). The maximum absolute atomic E-state index is 13.2. The summed E-state index contributed by atoms with van der Waals surface area (Å²) in [7, 11) is 1.53. The lowest BCUT2D eigenvalue weighted by molar-refractivity contribution is 0.398. The first kappa shape index (κ1) is 21.8. The zero-order valence-electron chi connectivity index (χ0n) is 18.1. The number of aromatic nitrogens is 5. The van der Waals surface area contributed by atoms with Crippen LogP contribution in [0.1, 0.15) is 19.4 Å². The van der Waals surface area contributed by atoms with Gasteiger partial charge in [-0.25, -0.2) is 24.3 Å². The van der Waals surface area contributed by atoms with Gasteiger partial charge in [0.05, 0.1) is 36.0 Å². The van der Waals surface area contributed by atoms with E-state index >= 15 is 0 Å². The molecule has 0 fully saturated rings. The van der Waals surface area contributed by atoms with Crippen LogP contribution in [0.2, 0.25) is 0 Å². The van der Waals surface area contributed by atoms with Gasteiger partial charge >= 0.3 is 0 Å². The second-order valence-electron chi connectivity index (χ2n) is 7.07. The summed E-state index contributed by atoms with van der Waals surface area (Å²) >= 11 is 0. The molecule has 3 heterocycles. The smallest absolute Gasteiger partial charge is 0.224 e. The van der Waals surface area contributed by atoms with E-state index in [4.69, 9.17) is 16.3 Å². The Morgan fingerprint density at radius 2 is 1.97 bits per heavy atom. The maximum Gasteiger partial charge on any atom is 0.224 e. The Morgan fingerprint density at radius 1 is 1.18 bits per heavy atom. The predicted molar refractivity (Wildman–Crippen MR) is 125 cm³/mol. The molecule has 0 spiro atoms. The molecule has 0 saturated carbocycles. The third-order valence-corrected chi connectivity index (χ3v) is 5.18. The summed E-state index contributed by atoms with van der Waals surface area (Å²) < 4.78 is 20.5. The lowest BCUT2D eigenvalue weighted by Crippen LogP contribution is -2.21. The van der Waals surface area contributed by atoms with Gasteiger partial charge in [-0.05, 0) is 30.7 Å². The summed E-state index contributed by atoms with van der Waals surface area (Å²) in [6.07, 6.45) is 8.51. The summed E-state index contributed by atoms with van der Waals surface area (Å²) in [5.41, 5.74) is 9.26. The molecule has 0 aliphatic rings. The first-order chi connectivity index (χ1) is 16.1. The molecule has 4 aromatic rings. The predicted octanol–water partition coefficient (Wildman–Crippen LogP) is 3.29. The molecule has 1 atom stereocenters. The fraction of sp³-hybridized carbons (Fsp3) is 0.182. The topological polar surface area (TPSA) is 142 Å². The SMILES string of the molecule is CCC(C(C=Nc1ccc(F)cc1)=NN)n1cc(-c2cncnc2OC)c2c(N)ncnc21. The molecule has 0 radical (unpaired) electrons. The van der Waals surface area contributed by atoms with Gasteiger partial charge in [0, 0.05) is 18.0 Å². The van der Waals surface area contributed by atoms with E-state index in [0.29, 0.717) is 51.7 Å². The molecule has 4 rings (SSSR count). The Kier molecular flexibility index (Phi) is 6.20. The van der Waals surface area contributed by atoms with Crippen molar-refractivity contribution in [3.63, 3.8) is 0 Å². The molecule has 168 valence electrons. The normalized spacial score (nSPS) is 13.0. The van der Waals surface area contributed by atoms with Crippen LogP contribution in [0.3, 0.4) is 0 Å². The molecular formula is C22H22FN9O. The molecule has 0 saturated heterocycles. The second kappa shape index (κ2) is 9.39. The Balaban J connectivity index is 1.84. The van der Waals surface area contributed by atoms with E-state index < -0.39 is 0 Å². The number of fused-ring (bicyclic) bond motifs is 1. The average Bonchev–Trinajstić information content (AvgIpc) is 3.23. The number of rotatable bonds is 7. The average molecular weight is 447 g/mol. The van der Waals surface area contributed by atoms with Gasteiger partial charge in [0.2, 0.25) is 5.88 Å². The van der Waals surface area contributed by atoms with Crippen LogP contribution in [0.4, 0.5) is 15.9 Å². The Morgan fingerprint density at radius 3 is 2.67 bits per heavy atom. The van der Waals surface area contributed by atoms with E-state index in [0.717, 1.165) is 0 Å². The van der Waals surface area contributed by atoms with Crippen LogP contribution in [0.5, 0.6) is 5.88 Å². The molecule has 10 nitrogen and oxygen atoms in total. The lowest BCUT2D eigenvalue weighted by atomic mass is 10.1. The highest BCUT2D eigenvalue weighted by Gasteiger charge is 2.24. The number of hydrazone groups is 1. The van der Waals surface area contributed by atoms with Gasteiger partial charge in [0.1, 0.15) is 35.6 Å². The fourth-order valence-corrected chi connectivity index (χ4v) is 3.64. The largest absolute Gasteiger partial charge is 0.480 e. The summed E-state index contributed by atoms with van der Waals surface area (Å²) in [5, 5.41) is 4.60. The highest BCUT2D eigenvalue weighted by molar-refractivity contribution is 6.32. The molecule has 0 amide bonds. The third kappa shape index (κ3) is 4.20. The number of ether oxygens (including phenoxy) is 1. The number of nitrogen functional groups attached to an aromatic ring is 1. The van der Waals surface area contributed by atoms with Gasteiger partial charge in [-0.15, -0.1) is 0 Å². The van der Waals surface area contributed by atoms with Crippen molar-refractivity contribution in [2.24, 2.45) is 15.9 Å². The summed E-state index contributed by atoms with van der Waals surface area (Å²) in [4.78, 5) is 21.3. The number of nitrogens with zero attached hydrogens (tertiary/aromatic N) is 7. The molecule has 11 heteroatoms. The molecule has 0 bridgehead atoms. The number of halogens is 1. The van der Waals surface area contributed by atoms with E-state index in [1.54, 1.807) is 24.5 Å². The zero-order valence-corrected chi connectivity index (χ0v) is 18.1. The first-order valence-electron chi connectivity index (χ1n) is 10.1. The zero-order chi connectivity index (χ0) is 23.4. The van der Waals surface area contributed by atoms with Gasteiger partial charge in [0.15, 0.2) is 0 Å². The van der Waals surface area contributed by atoms with Crippen molar-refractivity contribution in [1.29, 1.82) is 0 Å².